The van der Waals surface area contributed by atoms with E-state index in [1.807, 2.05) is 30.3 Å². The monoisotopic (exact) mass is 388 g/mol. The molecule has 1 aliphatic heterocycles. The van der Waals surface area contributed by atoms with Crippen LogP contribution < -0.4 is 10.2 Å². The number of amides is 2. The molecule has 2 aliphatic rings. The Hall–Kier alpha value is -3.48. The summed E-state index contributed by atoms with van der Waals surface area (Å²) in [6, 6.07) is 14.4. The van der Waals surface area contributed by atoms with Gasteiger partial charge in [-0.25, -0.2) is 0 Å². The predicted molar refractivity (Wildman–Crippen MR) is 108 cm³/mol. The number of anilines is 2. The highest BCUT2D eigenvalue weighted by atomic mass is 16.5. The second kappa shape index (κ2) is 7.16. The molecule has 0 bridgehead atoms. The molecule has 2 heterocycles. The van der Waals surface area contributed by atoms with E-state index in [2.05, 4.69) is 15.5 Å². The molecule has 7 nitrogen and oxygen atoms in total. The van der Waals surface area contributed by atoms with Gasteiger partial charge in [0.15, 0.2) is 0 Å². The molecule has 7 heteroatoms. The third-order valence-corrected chi connectivity index (χ3v) is 5.55. The first-order valence-corrected chi connectivity index (χ1v) is 9.84. The van der Waals surface area contributed by atoms with Crippen LogP contribution in [-0.2, 0) is 4.79 Å². The van der Waals surface area contributed by atoms with Crippen molar-refractivity contribution in [3.05, 3.63) is 60.0 Å². The van der Waals surface area contributed by atoms with Crippen molar-refractivity contribution in [2.24, 2.45) is 0 Å². The number of benzene rings is 2. The summed E-state index contributed by atoms with van der Waals surface area (Å²) in [5, 5.41) is 6.89. The van der Waals surface area contributed by atoms with Crippen LogP contribution in [0.1, 0.15) is 47.8 Å². The molecule has 0 spiro atoms. The molecule has 2 aromatic carbocycles. The van der Waals surface area contributed by atoms with Gasteiger partial charge in [0.2, 0.25) is 17.6 Å². The fourth-order valence-electron chi connectivity index (χ4n) is 4.02. The van der Waals surface area contributed by atoms with Crippen molar-refractivity contribution in [3.8, 4) is 11.4 Å². The Bertz CT molecular complexity index is 1070. The number of para-hydroxylation sites is 2. The third-order valence-electron chi connectivity index (χ3n) is 5.55. The normalized spacial score (nSPS) is 16.6. The number of nitrogens with one attached hydrogen (secondary N) is 1. The van der Waals surface area contributed by atoms with Gasteiger partial charge in [-0.3, -0.25) is 14.5 Å². The average molecular weight is 388 g/mol. The maximum absolute atomic E-state index is 13.0. The van der Waals surface area contributed by atoms with Crippen LogP contribution >= 0.6 is 0 Å². The number of carbonyl (C=O) groups is 2. The molecule has 0 radical (unpaired) electrons. The summed E-state index contributed by atoms with van der Waals surface area (Å²) in [6.07, 6.45) is 4.60. The van der Waals surface area contributed by atoms with Gasteiger partial charge in [0, 0.05) is 17.0 Å². The minimum Gasteiger partial charge on any atom is -0.339 e. The van der Waals surface area contributed by atoms with Gasteiger partial charge in [0.25, 0.3) is 5.91 Å². The molecule has 0 saturated heterocycles. The van der Waals surface area contributed by atoms with Gasteiger partial charge in [0.05, 0.1) is 11.4 Å². The highest BCUT2D eigenvalue weighted by Gasteiger charge is 2.27. The second-order valence-electron chi connectivity index (χ2n) is 7.47. The van der Waals surface area contributed by atoms with Crippen molar-refractivity contribution in [2.75, 3.05) is 16.8 Å². The fourth-order valence-corrected chi connectivity index (χ4v) is 4.02. The van der Waals surface area contributed by atoms with E-state index in [1.54, 1.807) is 18.2 Å². The summed E-state index contributed by atoms with van der Waals surface area (Å²) in [4.78, 5) is 31.1. The summed E-state index contributed by atoms with van der Waals surface area (Å²) in [5.74, 6) is 1.17. The Morgan fingerprint density at radius 3 is 2.62 bits per heavy atom. The Morgan fingerprint density at radius 2 is 1.83 bits per heavy atom. The highest BCUT2D eigenvalue weighted by Crippen LogP contribution is 2.34. The summed E-state index contributed by atoms with van der Waals surface area (Å²) < 4.78 is 5.45. The van der Waals surface area contributed by atoms with Gasteiger partial charge in [-0.15, -0.1) is 0 Å². The second-order valence-corrected chi connectivity index (χ2v) is 7.47. The van der Waals surface area contributed by atoms with Crippen LogP contribution in [0.4, 0.5) is 11.4 Å². The van der Waals surface area contributed by atoms with Crippen molar-refractivity contribution in [2.45, 2.75) is 31.6 Å². The van der Waals surface area contributed by atoms with E-state index in [1.165, 1.54) is 17.7 Å². The lowest BCUT2D eigenvalue weighted by molar-refractivity contribution is -0.115. The minimum absolute atomic E-state index is 0.00676. The summed E-state index contributed by atoms with van der Waals surface area (Å²) in [5.41, 5.74) is 2.63. The first-order chi connectivity index (χ1) is 14.2. The van der Waals surface area contributed by atoms with E-state index in [-0.39, 0.29) is 18.4 Å². The van der Waals surface area contributed by atoms with Crippen molar-refractivity contribution < 1.29 is 14.1 Å². The lowest BCUT2D eigenvalue weighted by atomic mass is 10.1. The number of hydrogen-bond donors (Lipinski definition) is 1. The molecule has 3 aromatic rings. The number of nitrogens with zero attached hydrogens (tertiary/aromatic N) is 3. The molecule has 1 saturated carbocycles. The van der Waals surface area contributed by atoms with E-state index in [0.29, 0.717) is 34.6 Å². The maximum atomic E-state index is 13.0. The van der Waals surface area contributed by atoms with Crippen LogP contribution in [-0.4, -0.2) is 28.5 Å². The van der Waals surface area contributed by atoms with Crippen LogP contribution in [0.5, 0.6) is 0 Å². The van der Waals surface area contributed by atoms with Gasteiger partial charge in [-0.05, 0) is 37.1 Å². The molecule has 1 aliphatic carbocycles. The Kier molecular flexibility index (Phi) is 4.35. The molecule has 0 unspecified atom stereocenters. The number of fused-ring (bicyclic) bond motifs is 1. The topological polar surface area (TPSA) is 88.3 Å². The van der Waals surface area contributed by atoms with E-state index in [9.17, 15) is 9.59 Å². The van der Waals surface area contributed by atoms with Gasteiger partial charge in [-0.2, -0.15) is 4.98 Å². The summed E-state index contributed by atoms with van der Waals surface area (Å²) in [7, 11) is 0. The van der Waals surface area contributed by atoms with E-state index in [0.717, 1.165) is 18.4 Å². The molecular weight excluding hydrogens is 368 g/mol. The zero-order chi connectivity index (χ0) is 19.8. The van der Waals surface area contributed by atoms with Crippen LogP contribution in [0.15, 0.2) is 53.1 Å². The van der Waals surface area contributed by atoms with Gasteiger partial charge < -0.3 is 9.84 Å². The van der Waals surface area contributed by atoms with Crippen molar-refractivity contribution >= 4 is 23.2 Å². The first kappa shape index (κ1) is 17.6. The van der Waals surface area contributed by atoms with Crippen molar-refractivity contribution in [1.29, 1.82) is 0 Å². The van der Waals surface area contributed by atoms with Crippen LogP contribution in [0.3, 0.4) is 0 Å². The lowest BCUT2D eigenvalue weighted by Crippen LogP contribution is -2.42. The van der Waals surface area contributed by atoms with Crippen molar-refractivity contribution in [3.63, 3.8) is 0 Å². The minimum atomic E-state index is -0.224. The first-order valence-electron chi connectivity index (χ1n) is 9.84. The third kappa shape index (κ3) is 3.29. The fraction of sp³-hybridized carbons (Fsp3) is 0.273. The largest absolute Gasteiger partial charge is 0.339 e. The standard InChI is InChI=1S/C22H20N4O3/c27-19-13-26(18-8-4-3-7-17(18)23-19)22(28)16-11-9-14(10-12-16)20-24-21(29-25-20)15-5-1-2-6-15/h3-4,7-12,15H,1-2,5-6,13H2,(H,23,27). The molecule has 5 rings (SSSR count). The molecule has 2 amide bonds. The molecule has 1 aromatic heterocycles. The smallest absolute Gasteiger partial charge is 0.258 e. The number of carbonyl (C=O) groups excluding carboxylic acids is 2. The molecule has 146 valence electrons. The Balaban J connectivity index is 1.38. The van der Waals surface area contributed by atoms with Gasteiger partial charge in [0.1, 0.15) is 6.54 Å². The highest BCUT2D eigenvalue weighted by molar-refractivity contribution is 6.15. The van der Waals surface area contributed by atoms with Crippen molar-refractivity contribution in [1.82, 2.24) is 10.1 Å². The van der Waals surface area contributed by atoms with E-state index < -0.39 is 0 Å². The van der Waals surface area contributed by atoms with Gasteiger partial charge >= 0.3 is 0 Å². The summed E-state index contributed by atoms with van der Waals surface area (Å²) >= 11 is 0. The average Bonchev–Trinajstić information content (AvgIpc) is 3.44. The predicted octanol–water partition coefficient (Wildman–Crippen LogP) is 3.99. The van der Waals surface area contributed by atoms with Crippen LogP contribution in [0.25, 0.3) is 11.4 Å². The molecule has 1 fully saturated rings. The molecule has 29 heavy (non-hydrogen) atoms. The molecule has 1 N–H and O–H groups in total. The SMILES string of the molecule is O=C1CN(C(=O)c2ccc(-c3noc(C4CCCC4)n3)cc2)c2ccccc2N1. The maximum Gasteiger partial charge on any atom is 0.258 e. The van der Waals surface area contributed by atoms with Crippen LogP contribution in [0, 0.1) is 0 Å². The Morgan fingerprint density at radius 1 is 1.07 bits per heavy atom. The van der Waals surface area contributed by atoms with Gasteiger partial charge in [-0.1, -0.05) is 42.3 Å². The molecule has 0 atom stereocenters. The number of aromatic nitrogens is 2. The summed E-state index contributed by atoms with van der Waals surface area (Å²) in [6.45, 7) is -0.00676. The quantitative estimate of drug-likeness (QED) is 0.733. The van der Waals surface area contributed by atoms with Crippen LogP contribution in [0.2, 0.25) is 0 Å². The zero-order valence-corrected chi connectivity index (χ0v) is 15.8. The number of hydrogen-bond acceptors (Lipinski definition) is 5. The lowest BCUT2D eigenvalue weighted by Gasteiger charge is -2.29. The number of rotatable bonds is 3. The Labute approximate surface area is 167 Å². The van der Waals surface area contributed by atoms with E-state index >= 15 is 0 Å². The zero-order valence-electron chi connectivity index (χ0n) is 15.8. The molecular formula is C22H20N4O3. The van der Waals surface area contributed by atoms with E-state index in [4.69, 9.17) is 4.52 Å².